The molecule has 1 atom stereocenters. The molecule has 0 bridgehead atoms. The topological polar surface area (TPSA) is 55.1 Å². The fraction of sp³-hybridized carbons (Fsp3) is 0.154. The number of benzene rings is 2. The average Bonchev–Trinajstić information content (AvgIpc) is 2.28. The third-order valence-electron chi connectivity index (χ3n) is 2.43. The minimum Gasteiger partial charge on any atom is -0.325 e. The Morgan fingerprint density at radius 1 is 1.19 bits per heavy atom. The van der Waals surface area contributed by atoms with Gasteiger partial charge in [0.15, 0.2) is 0 Å². The number of hydrogen-bond donors (Lipinski definition) is 2. The summed E-state index contributed by atoms with van der Waals surface area (Å²) in [7, 11) is 0. The van der Waals surface area contributed by atoms with Crippen LogP contribution in [-0.2, 0) is 4.79 Å². The summed E-state index contributed by atoms with van der Waals surface area (Å²) in [5.74, 6) is -0.171. The number of amides is 1. The standard InChI is InChI=1S/C13H14N2O/c1-9(14)13(16)15-12-7-6-10-4-2-3-5-11(10)8-12/h2-9H,14H2,1H3,(H,15,16)/t9-/m1/s1. The predicted octanol–water partition coefficient (Wildman–Crippen LogP) is 2.13. The molecule has 0 aliphatic rings. The first-order valence-corrected chi connectivity index (χ1v) is 5.22. The largest absolute Gasteiger partial charge is 0.325 e. The van der Waals surface area contributed by atoms with Gasteiger partial charge < -0.3 is 11.1 Å². The number of nitrogens with one attached hydrogen (secondary N) is 1. The molecule has 0 saturated heterocycles. The molecule has 0 spiro atoms. The van der Waals surface area contributed by atoms with E-state index in [1.807, 2.05) is 42.5 Å². The third-order valence-corrected chi connectivity index (χ3v) is 2.43. The summed E-state index contributed by atoms with van der Waals surface area (Å²) < 4.78 is 0. The fourth-order valence-electron chi connectivity index (χ4n) is 1.52. The van der Waals surface area contributed by atoms with E-state index in [2.05, 4.69) is 5.32 Å². The van der Waals surface area contributed by atoms with Crippen LogP contribution in [-0.4, -0.2) is 11.9 Å². The van der Waals surface area contributed by atoms with Crippen molar-refractivity contribution in [2.75, 3.05) is 5.32 Å². The van der Waals surface area contributed by atoms with Gasteiger partial charge in [-0.1, -0.05) is 30.3 Å². The normalized spacial score (nSPS) is 12.4. The van der Waals surface area contributed by atoms with Gasteiger partial charge in [-0.3, -0.25) is 4.79 Å². The molecule has 82 valence electrons. The lowest BCUT2D eigenvalue weighted by atomic mass is 10.1. The second-order valence-electron chi connectivity index (χ2n) is 3.84. The van der Waals surface area contributed by atoms with Gasteiger partial charge in [-0.25, -0.2) is 0 Å². The van der Waals surface area contributed by atoms with Crippen molar-refractivity contribution in [2.24, 2.45) is 5.73 Å². The Morgan fingerprint density at radius 2 is 1.88 bits per heavy atom. The van der Waals surface area contributed by atoms with E-state index in [0.29, 0.717) is 0 Å². The van der Waals surface area contributed by atoms with Crippen molar-refractivity contribution in [1.82, 2.24) is 0 Å². The Labute approximate surface area is 94.3 Å². The van der Waals surface area contributed by atoms with Gasteiger partial charge in [0.25, 0.3) is 0 Å². The molecule has 0 unspecified atom stereocenters. The highest BCUT2D eigenvalue weighted by Crippen LogP contribution is 2.18. The molecule has 2 aromatic carbocycles. The molecule has 0 aliphatic carbocycles. The molecule has 0 saturated carbocycles. The van der Waals surface area contributed by atoms with Crippen LogP contribution < -0.4 is 11.1 Å². The molecule has 0 heterocycles. The minimum absolute atomic E-state index is 0.171. The molecule has 2 aromatic rings. The molecule has 0 aromatic heterocycles. The molecule has 0 fully saturated rings. The fourth-order valence-corrected chi connectivity index (χ4v) is 1.52. The van der Waals surface area contributed by atoms with Gasteiger partial charge in [-0.2, -0.15) is 0 Å². The number of carbonyl (C=O) groups is 1. The van der Waals surface area contributed by atoms with Crippen molar-refractivity contribution in [1.29, 1.82) is 0 Å². The van der Waals surface area contributed by atoms with Crippen LogP contribution in [0, 0.1) is 0 Å². The van der Waals surface area contributed by atoms with Crippen molar-refractivity contribution in [3.05, 3.63) is 42.5 Å². The van der Waals surface area contributed by atoms with Gasteiger partial charge in [-0.15, -0.1) is 0 Å². The number of nitrogens with two attached hydrogens (primary N) is 1. The molecular formula is C13H14N2O. The maximum absolute atomic E-state index is 11.4. The van der Waals surface area contributed by atoms with Crippen LogP contribution in [0.2, 0.25) is 0 Å². The van der Waals surface area contributed by atoms with Gasteiger partial charge in [0.05, 0.1) is 6.04 Å². The van der Waals surface area contributed by atoms with E-state index in [9.17, 15) is 4.79 Å². The van der Waals surface area contributed by atoms with Crippen LogP contribution in [0.15, 0.2) is 42.5 Å². The highest BCUT2D eigenvalue weighted by atomic mass is 16.2. The number of rotatable bonds is 2. The third kappa shape index (κ3) is 2.20. The van der Waals surface area contributed by atoms with Gasteiger partial charge in [0.2, 0.25) is 5.91 Å². The van der Waals surface area contributed by atoms with E-state index < -0.39 is 6.04 Å². The van der Waals surface area contributed by atoms with Crippen molar-refractivity contribution >= 4 is 22.4 Å². The highest BCUT2D eigenvalue weighted by Gasteiger charge is 2.07. The molecule has 1 amide bonds. The maximum Gasteiger partial charge on any atom is 0.240 e. The summed E-state index contributed by atoms with van der Waals surface area (Å²) in [4.78, 5) is 11.4. The molecule has 2 rings (SSSR count). The van der Waals surface area contributed by atoms with E-state index in [1.165, 1.54) is 0 Å². The Kier molecular flexibility index (Phi) is 2.88. The summed E-state index contributed by atoms with van der Waals surface area (Å²) in [6.45, 7) is 1.66. The van der Waals surface area contributed by atoms with Gasteiger partial charge in [0, 0.05) is 5.69 Å². The first-order valence-electron chi connectivity index (χ1n) is 5.22. The number of fused-ring (bicyclic) bond motifs is 1. The van der Waals surface area contributed by atoms with Crippen LogP contribution in [0.25, 0.3) is 10.8 Å². The van der Waals surface area contributed by atoms with Crippen molar-refractivity contribution < 1.29 is 4.79 Å². The Morgan fingerprint density at radius 3 is 2.56 bits per heavy atom. The van der Waals surface area contributed by atoms with Gasteiger partial charge in [0.1, 0.15) is 0 Å². The number of anilines is 1. The molecule has 0 aliphatic heterocycles. The van der Waals surface area contributed by atoms with Crippen LogP contribution >= 0.6 is 0 Å². The van der Waals surface area contributed by atoms with Crippen LogP contribution in [0.5, 0.6) is 0 Å². The second-order valence-corrected chi connectivity index (χ2v) is 3.84. The van der Waals surface area contributed by atoms with Gasteiger partial charge in [-0.05, 0) is 29.8 Å². The summed E-state index contributed by atoms with van der Waals surface area (Å²) in [5.41, 5.74) is 6.26. The number of hydrogen-bond acceptors (Lipinski definition) is 2. The SMILES string of the molecule is C[C@@H](N)C(=O)Nc1ccc2ccccc2c1. The van der Waals surface area contributed by atoms with E-state index in [4.69, 9.17) is 5.73 Å². The smallest absolute Gasteiger partial charge is 0.240 e. The average molecular weight is 214 g/mol. The molecule has 0 radical (unpaired) electrons. The molecule has 3 N–H and O–H groups in total. The van der Waals surface area contributed by atoms with Crippen LogP contribution in [0.4, 0.5) is 5.69 Å². The molecule has 3 nitrogen and oxygen atoms in total. The predicted molar refractivity (Wildman–Crippen MR) is 66.2 cm³/mol. The lowest BCUT2D eigenvalue weighted by Gasteiger charge is -2.08. The Hall–Kier alpha value is -1.87. The van der Waals surface area contributed by atoms with Crippen molar-refractivity contribution in [3.63, 3.8) is 0 Å². The maximum atomic E-state index is 11.4. The van der Waals surface area contributed by atoms with Crippen LogP contribution in [0.1, 0.15) is 6.92 Å². The van der Waals surface area contributed by atoms with Crippen molar-refractivity contribution in [3.8, 4) is 0 Å². The first-order chi connectivity index (χ1) is 7.66. The summed E-state index contributed by atoms with van der Waals surface area (Å²) in [6.07, 6.45) is 0. The zero-order valence-electron chi connectivity index (χ0n) is 9.10. The summed E-state index contributed by atoms with van der Waals surface area (Å²) in [6, 6.07) is 13.3. The Balaban J connectivity index is 2.29. The quantitative estimate of drug-likeness (QED) is 0.804. The molecule has 16 heavy (non-hydrogen) atoms. The van der Waals surface area contributed by atoms with Gasteiger partial charge >= 0.3 is 0 Å². The summed E-state index contributed by atoms with van der Waals surface area (Å²) >= 11 is 0. The lowest BCUT2D eigenvalue weighted by molar-refractivity contribution is -0.117. The zero-order chi connectivity index (χ0) is 11.5. The van der Waals surface area contributed by atoms with Crippen LogP contribution in [0.3, 0.4) is 0 Å². The zero-order valence-corrected chi connectivity index (χ0v) is 9.10. The lowest BCUT2D eigenvalue weighted by Crippen LogP contribution is -2.32. The summed E-state index contributed by atoms with van der Waals surface area (Å²) in [5, 5.41) is 5.03. The number of carbonyl (C=O) groups excluding carboxylic acids is 1. The first kappa shape index (κ1) is 10.6. The highest BCUT2D eigenvalue weighted by molar-refractivity contribution is 5.96. The molecular weight excluding hydrogens is 200 g/mol. The van der Waals surface area contributed by atoms with E-state index in [-0.39, 0.29) is 5.91 Å². The Bertz CT molecular complexity index is 520. The van der Waals surface area contributed by atoms with E-state index in [1.54, 1.807) is 6.92 Å². The monoisotopic (exact) mass is 214 g/mol. The molecule has 3 heteroatoms. The van der Waals surface area contributed by atoms with E-state index in [0.717, 1.165) is 16.5 Å². The van der Waals surface area contributed by atoms with Crippen molar-refractivity contribution in [2.45, 2.75) is 13.0 Å². The van der Waals surface area contributed by atoms with E-state index >= 15 is 0 Å². The minimum atomic E-state index is -0.494. The second kappa shape index (κ2) is 4.33.